The minimum absolute atomic E-state index is 0.00121. The number of carbonyl (C=O) groups is 2. The number of carbonyl (C=O) groups excluding carboxylic acids is 2. The van der Waals surface area contributed by atoms with Gasteiger partial charge < -0.3 is 10.6 Å². The lowest BCUT2D eigenvalue weighted by molar-refractivity contribution is -0.117. The van der Waals surface area contributed by atoms with E-state index in [4.69, 9.17) is 0 Å². The Kier molecular flexibility index (Phi) is 5.49. The number of hydrogen-bond donors (Lipinski definition) is 2. The second kappa shape index (κ2) is 8.21. The number of benzene rings is 3. The summed E-state index contributed by atoms with van der Waals surface area (Å²) >= 11 is 3.49. The fourth-order valence-electron chi connectivity index (χ4n) is 3.55. The van der Waals surface area contributed by atoms with Crippen molar-refractivity contribution in [3.63, 3.8) is 0 Å². The second-order valence-corrected chi connectivity index (χ2v) is 8.21. The normalized spacial score (nSPS) is 17.4. The van der Waals surface area contributed by atoms with Gasteiger partial charge in [0.05, 0.1) is 0 Å². The Bertz CT molecular complexity index is 1070. The molecule has 4 rings (SSSR count). The summed E-state index contributed by atoms with van der Waals surface area (Å²) in [5.41, 5.74) is 3.89. The van der Waals surface area contributed by atoms with E-state index in [0.717, 1.165) is 22.1 Å². The van der Waals surface area contributed by atoms with Gasteiger partial charge in [-0.15, -0.1) is 0 Å². The van der Waals surface area contributed by atoms with Gasteiger partial charge in [0.1, 0.15) is 0 Å². The van der Waals surface area contributed by atoms with Crippen LogP contribution in [0.25, 0.3) is 0 Å². The molecule has 2 amide bonds. The lowest BCUT2D eigenvalue weighted by Gasteiger charge is -2.13. The molecule has 4 nitrogen and oxygen atoms in total. The first-order valence-corrected chi connectivity index (χ1v) is 10.3. The predicted octanol–water partition coefficient (Wildman–Crippen LogP) is 5.75. The lowest BCUT2D eigenvalue weighted by atomic mass is 10.1. The molecule has 2 N–H and O–H groups in total. The number of para-hydroxylation sites is 1. The van der Waals surface area contributed by atoms with Crippen LogP contribution in [0.1, 0.15) is 33.8 Å². The molecular formula is C24H21BrN2O2. The molecule has 0 spiro atoms. The van der Waals surface area contributed by atoms with Crippen molar-refractivity contribution in [2.45, 2.75) is 19.3 Å². The molecule has 2 atom stereocenters. The summed E-state index contributed by atoms with van der Waals surface area (Å²) in [6.07, 6.45) is 0.843. The molecule has 1 aliphatic carbocycles. The second-order valence-electron chi connectivity index (χ2n) is 7.29. The third kappa shape index (κ3) is 4.40. The van der Waals surface area contributed by atoms with E-state index in [1.54, 1.807) is 12.1 Å². The average Bonchev–Trinajstić information content (AvgIpc) is 3.51. The van der Waals surface area contributed by atoms with E-state index in [1.807, 2.05) is 55.5 Å². The van der Waals surface area contributed by atoms with E-state index < -0.39 is 0 Å². The lowest BCUT2D eigenvalue weighted by Crippen LogP contribution is -2.18. The van der Waals surface area contributed by atoms with Gasteiger partial charge >= 0.3 is 0 Å². The molecule has 146 valence electrons. The van der Waals surface area contributed by atoms with Gasteiger partial charge in [0, 0.05) is 27.3 Å². The highest BCUT2D eigenvalue weighted by Crippen LogP contribution is 2.48. The Morgan fingerprint density at radius 2 is 1.69 bits per heavy atom. The van der Waals surface area contributed by atoms with Gasteiger partial charge in [0.25, 0.3) is 5.91 Å². The zero-order valence-electron chi connectivity index (χ0n) is 16.0. The van der Waals surface area contributed by atoms with E-state index in [9.17, 15) is 9.59 Å². The number of halogens is 1. The Morgan fingerprint density at radius 1 is 0.931 bits per heavy atom. The van der Waals surface area contributed by atoms with Crippen LogP contribution in [-0.2, 0) is 4.79 Å². The number of amides is 2. The van der Waals surface area contributed by atoms with E-state index in [-0.39, 0.29) is 23.7 Å². The minimum atomic E-state index is -0.191. The zero-order chi connectivity index (χ0) is 20.4. The molecule has 2 unspecified atom stereocenters. The average molecular weight is 449 g/mol. The highest BCUT2D eigenvalue weighted by atomic mass is 79.9. The Balaban J connectivity index is 1.45. The number of rotatable bonds is 5. The highest BCUT2D eigenvalue weighted by molar-refractivity contribution is 9.10. The van der Waals surface area contributed by atoms with Crippen molar-refractivity contribution in [2.24, 2.45) is 5.92 Å². The summed E-state index contributed by atoms with van der Waals surface area (Å²) < 4.78 is 1.02. The van der Waals surface area contributed by atoms with Gasteiger partial charge in [-0.05, 0) is 66.8 Å². The summed E-state index contributed by atoms with van der Waals surface area (Å²) in [7, 11) is 0. The Morgan fingerprint density at radius 3 is 2.45 bits per heavy atom. The van der Waals surface area contributed by atoms with Crippen LogP contribution in [0.5, 0.6) is 0 Å². The van der Waals surface area contributed by atoms with Gasteiger partial charge in [0.15, 0.2) is 0 Å². The molecule has 29 heavy (non-hydrogen) atoms. The molecule has 1 saturated carbocycles. The van der Waals surface area contributed by atoms with E-state index in [0.29, 0.717) is 11.3 Å². The van der Waals surface area contributed by atoms with Gasteiger partial charge in [-0.2, -0.15) is 0 Å². The van der Waals surface area contributed by atoms with E-state index >= 15 is 0 Å². The maximum atomic E-state index is 12.7. The summed E-state index contributed by atoms with van der Waals surface area (Å²) in [5, 5.41) is 5.91. The summed E-state index contributed by atoms with van der Waals surface area (Å²) in [6.45, 7) is 1.86. The molecule has 0 heterocycles. The largest absolute Gasteiger partial charge is 0.326 e. The first-order valence-electron chi connectivity index (χ1n) is 9.55. The maximum absolute atomic E-state index is 12.7. The topological polar surface area (TPSA) is 58.2 Å². The predicted molar refractivity (Wildman–Crippen MR) is 119 cm³/mol. The molecule has 0 aliphatic heterocycles. The number of hydrogen-bond acceptors (Lipinski definition) is 2. The van der Waals surface area contributed by atoms with Crippen LogP contribution >= 0.6 is 15.9 Å². The fraction of sp³-hybridized carbons (Fsp3) is 0.167. The van der Waals surface area contributed by atoms with Crippen LogP contribution in [0.15, 0.2) is 77.3 Å². The van der Waals surface area contributed by atoms with Crippen LogP contribution < -0.4 is 10.6 Å². The SMILES string of the molecule is Cc1c(NC(=O)C2CC2c2cccc(Br)c2)cccc1C(=O)Nc1ccccc1. The third-order valence-corrected chi connectivity index (χ3v) is 5.77. The van der Waals surface area contributed by atoms with E-state index in [2.05, 4.69) is 38.7 Å². The van der Waals surface area contributed by atoms with Crippen molar-refractivity contribution < 1.29 is 9.59 Å². The van der Waals surface area contributed by atoms with Gasteiger partial charge in [-0.1, -0.05) is 52.3 Å². The molecular weight excluding hydrogens is 428 g/mol. The van der Waals surface area contributed by atoms with Crippen molar-refractivity contribution in [3.05, 3.63) is 94.0 Å². The summed E-state index contributed by atoms with van der Waals surface area (Å²) in [5.74, 6) is 0.0183. The molecule has 5 heteroatoms. The molecule has 1 aliphatic rings. The van der Waals surface area contributed by atoms with Crippen molar-refractivity contribution in [1.29, 1.82) is 0 Å². The zero-order valence-corrected chi connectivity index (χ0v) is 17.6. The Hall–Kier alpha value is -2.92. The molecule has 3 aromatic carbocycles. The van der Waals surface area contributed by atoms with Crippen LogP contribution in [0.3, 0.4) is 0 Å². The standard InChI is InChI=1S/C24H21BrN2O2/c1-15-19(23(28)26-18-9-3-2-4-10-18)11-6-12-22(15)27-24(29)21-14-20(21)16-7-5-8-17(25)13-16/h2-13,20-21H,14H2,1H3,(H,26,28)(H,27,29). The van der Waals surface area contributed by atoms with Crippen molar-refractivity contribution in [3.8, 4) is 0 Å². The number of nitrogens with one attached hydrogen (secondary N) is 2. The smallest absolute Gasteiger partial charge is 0.256 e. The quantitative estimate of drug-likeness (QED) is 0.521. The highest BCUT2D eigenvalue weighted by Gasteiger charge is 2.44. The summed E-state index contributed by atoms with van der Waals surface area (Å²) in [6, 6.07) is 22.8. The van der Waals surface area contributed by atoms with Crippen LogP contribution in [0.2, 0.25) is 0 Å². The van der Waals surface area contributed by atoms with Gasteiger partial charge in [-0.25, -0.2) is 0 Å². The van der Waals surface area contributed by atoms with E-state index in [1.165, 1.54) is 5.56 Å². The minimum Gasteiger partial charge on any atom is -0.326 e. The maximum Gasteiger partial charge on any atom is 0.256 e. The molecule has 1 fully saturated rings. The van der Waals surface area contributed by atoms with Gasteiger partial charge in [-0.3, -0.25) is 9.59 Å². The van der Waals surface area contributed by atoms with Crippen molar-refractivity contribution >= 4 is 39.1 Å². The summed E-state index contributed by atoms with van der Waals surface area (Å²) in [4.78, 5) is 25.4. The number of anilines is 2. The van der Waals surface area contributed by atoms with Crippen molar-refractivity contribution in [2.75, 3.05) is 10.6 Å². The molecule has 0 saturated heterocycles. The monoisotopic (exact) mass is 448 g/mol. The van der Waals surface area contributed by atoms with Crippen LogP contribution in [0, 0.1) is 12.8 Å². The molecule has 0 bridgehead atoms. The van der Waals surface area contributed by atoms with Crippen LogP contribution in [-0.4, -0.2) is 11.8 Å². The molecule has 0 aromatic heterocycles. The van der Waals surface area contributed by atoms with Gasteiger partial charge in [0.2, 0.25) is 5.91 Å². The van der Waals surface area contributed by atoms with Crippen LogP contribution in [0.4, 0.5) is 11.4 Å². The molecule has 3 aromatic rings. The molecule has 0 radical (unpaired) electrons. The Labute approximate surface area is 178 Å². The third-order valence-electron chi connectivity index (χ3n) is 5.27. The fourth-order valence-corrected chi connectivity index (χ4v) is 3.97. The first-order chi connectivity index (χ1) is 14.0. The first kappa shape index (κ1) is 19.4. The van der Waals surface area contributed by atoms with Crippen molar-refractivity contribution in [1.82, 2.24) is 0 Å².